The predicted molar refractivity (Wildman–Crippen MR) is 120 cm³/mol. The first-order valence-electron chi connectivity index (χ1n) is 9.86. The van der Waals surface area contributed by atoms with Gasteiger partial charge in [-0.05, 0) is 60.4 Å². The summed E-state index contributed by atoms with van der Waals surface area (Å²) in [5, 5.41) is 11.8. The number of carbonyl (C=O) groups excluding carboxylic acids is 2. The minimum atomic E-state index is -3.41. The molecule has 32 heavy (non-hydrogen) atoms. The number of amides is 2. The number of sulfonamides is 1. The summed E-state index contributed by atoms with van der Waals surface area (Å²) in [4.78, 5) is 26.6. The summed E-state index contributed by atoms with van der Waals surface area (Å²) < 4.78 is 38.6. The van der Waals surface area contributed by atoms with Crippen molar-refractivity contribution in [2.75, 3.05) is 35.2 Å². The highest BCUT2D eigenvalue weighted by molar-refractivity contribution is 7.92. The second-order valence-corrected chi connectivity index (χ2v) is 9.74. The van der Waals surface area contributed by atoms with Gasteiger partial charge in [0.25, 0.3) is 0 Å². The van der Waals surface area contributed by atoms with Crippen molar-refractivity contribution in [1.82, 2.24) is 5.32 Å². The van der Waals surface area contributed by atoms with Gasteiger partial charge in [-0.15, -0.1) is 0 Å². The number of hydrogen-bond acceptors (Lipinski definition) is 5. The lowest BCUT2D eigenvalue weighted by molar-refractivity contribution is -0.137. The molecule has 1 aliphatic rings. The van der Waals surface area contributed by atoms with Crippen LogP contribution < -0.4 is 14.5 Å². The van der Waals surface area contributed by atoms with Crippen molar-refractivity contribution in [1.29, 1.82) is 0 Å². The van der Waals surface area contributed by atoms with Gasteiger partial charge in [0.1, 0.15) is 5.82 Å². The minimum Gasteiger partial charge on any atom is -0.396 e. The van der Waals surface area contributed by atoms with Gasteiger partial charge in [-0.25, -0.2) is 12.8 Å². The van der Waals surface area contributed by atoms with Crippen molar-refractivity contribution < 1.29 is 27.5 Å². The fraction of sp³-hybridized carbons (Fsp3) is 0.333. The molecular formula is C21H23ClFN3O5S. The second kappa shape index (κ2) is 9.85. The highest BCUT2D eigenvalue weighted by atomic mass is 35.5. The van der Waals surface area contributed by atoms with Gasteiger partial charge in [-0.2, -0.15) is 0 Å². The number of nitrogens with one attached hydrogen (secondary N) is 1. The minimum absolute atomic E-state index is 0.0864. The molecule has 0 spiro atoms. The van der Waals surface area contributed by atoms with Crippen LogP contribution in [-0.2, 0) is 32.6 Å². The Morgan fingerprint density at radius 3 is 2.66 bits per heavy atom. The molecule has 0 bridgehead atoms. The van der Waals surface area contributed by atoms with E-state index < -0.39 is 27.7 Å². The van der Waals surface area contributed by atoms with Crippen LogP contribution in [0.5, 0.6) is 0 Å². The number of benzene rings is 2. The van der Waals surface area contributed by atoms with Crippen LogP contribution in [0.3, 0.4) is 0 Å². The number of aliphatic hydroxyl groups is 1. The number of carbonyl (C=O) groups is 2. The fourth-order valence-electron chi connectivity index (χ4n) is 3.54. The van der Waals surface area contributed by atoms with Crippen LogP contribution in [-0.4, -0.2) is 51.3 Å². The Kier molecular flexibility index (Phi) is 7.37. The zero-order chi connectivity index (χ0) is 23.5. The Labute approximate surface area is 190 Å². The first-order valence-corrected chi connectivity index (χ1v) is 12.1. The van der Waals surface area contributed by atoms with Crippen molar-refractivity contribution in [2.45, 2.75) is 19.4 Å². The third kappa shape index (κ3) is 5.56. The van der Waals surface area contributed by atoms with Crippen molar-refractivity contribution >= 4 is 44.8 Å². The molecule has 2 amide bonds. The van der Waals surface area contributed by atoms with Gasteiger partial charge >= 0.3 is 11.8 Å². The van der Waals surface area contributed by atoms with E-state index in [0.717, 1.165) is 17.9 Å². The molecule has 0 atom stereocenters. The van der Waals surface area contributed by atoms with Gasteiger partial charge in [0.2, 0.25) is 10.0 Å². The van der Waals surface area contributed by atoms with Crippen molar-refractivity contribution in [2.24, 2.45) is 0 Å². The third-order valence-electron chi connectivity index (χ3n) is 4.98. The SMILES string of the molecule is CS(=O)(=O)N1CCc2cc(N(CCCO)C(=O)C(=O)NCc3cc(F)cc(Cl)c3)ccc21. The lowest BCUT2D eigenvalue weighted by Gasteiger charge is -2.23. The van der Waals surface area contributed by atoms with Crippen LogP contribution in [0.15, 0.2) is 36.4 Å². The Bertz CT molecular complexity index is 1120. The van der Waals surface area contributed by atoms with Crippen LogP contribution in [0, 0.1) is 5.82 Å². The second-order valence-electron chi connectivity index (χ2n) is 7.39. The van der Waals surface area contributed by atoms with Gasteiger partial charge in [0.15, 0.2) is 0 Å². The monoisotopic (exact) mass is 483 g/mol. The van der Waals surface area contributed by atoms with Crippen molar-refractivity contribution in [3.63, 3.8) is 0 Å². The molecule has 0 saturated heterocycles. The standard InChI is InChI=1S/C21H23ClFN3O5S/c1-32(30,31)26-7-5-15-11-18(3-4-19(15)26)25(6-2-8-27)21(29)20(28)24-13-14-9-16(22)12-17(23)10-14/h3-4,9-12,27H,2,5-8,13H2,1H3,(H,24,28). The summed E-state index contributed by atoms with van der Waals surface area (Å²) in [5.74, 6) is -2.31. The van der Waals surface area contributed by atoms with Crippen LogP contribution in [0.1, 0.15) is 17.5 Å². The van der Waals surface area contributed by atoms with Gasteiger partial charge in [-0.3, -0.25) is 13.9 Å². The summed E-state index contributed by atoms with van der Waals surface area (Å²) in [6.07, 6.45) is 1.85. The summed E-state index contributed by atoms with van der Waals surface area (Å²) in [6.45, 7) is 0.116. The van der Waals surface area contributed by atoms with E-state index in [-0.39, 0.29) is 31.1 Å². The number of hydrogen-bond donors (Lipinski definition) is 2. The normalized spacial score (nSPS) is 13.1. The molecule has 2 N–H and O–H groups in total. The molecular weight excluding hydrogens is 461 g/mol. The summed E-state index contributed by atoms with van der Waals surface area (Å²) in [6, 6.07) is 8.66. The van der Waals surface area contributed by atoms with E-state index in [1.165, 1.54) is 21.3 Å². The quantitative estimate of drug-likeness (QED) is 0.584. The van der Waals surface area contributed by atoms with Crippen molar-refractivity contribution in [3.8, 4) is 0 Å². The number of halogens is 2. The molecule has 0 aromatic heterocycles. The highest BCUT2D eigenvalue weighted by Gasteiger charge is 2.29. The maximum atomic E-state index is 13.5. The molecule has 8 nitrogen and oxygen atoms in total. The largest absolute Gasteiger partial charge is 0.396 e. The van der Waals surface area contributed by atoms with Crippen LogP contribution in [0.2, 0.25) is 5.02 Å². The molecule has 0 unspecified atom stereocenters. The summed E-state index contributed by atoms with van der Waals surface area (Å²) in [5.41, 5.74) is 2.10. The van der Waals surface area contributed by atoms with E-state index in [1.807, 2.05) is 0 Å². The lowest BCUT2D eigenvalue weighted by atomic mass is 10.1. The first-order chi connectivity index (χ1) is 15.1. The fourth-order valence-corrected chi connectivity index (χ4v) is 4.74. The molecule has 0 saturated carbocycles. The third-order valence-corrected chi connectivity index (χ3v) is 6.38. The van der Waals surface area contributed by atoms with Gasteiger partial charge < -0.3 is 15.3 Å². The lowest BCUT2D eigenvalue weighted by Crippen LogP contribution is -2.43. The van der Waals surface area contributed by atoms with E-state index in [1.54, 1.807) is 18.2 Å². The molecule has 2 aromatic carbocycles. The number of nitrogens with zero attached hydrogens (tertiary/aromatic N) is 2. The molecule has 0 aliphatic carbocycles. The maximum absolute atomic E-state index is 13.5. The van der Waals surface area contributed by atoms with Gasteiger partial charge in [-0.1, -0.05) is 11.6 Å². The molecule has 0 fully saturated rings. The number of anilines is 2. The number of fused-ring (bicyclic) bond motifs is 1. The Balaban J connectivity index is 1.78. The average molecular weight is 484 g/mol. The molecule has 0 radical (unpaired) electrons. The Morgan fingerprint density at radius 1 is 1.25 bits per heavy atom. The van der Waals surface area contributed by atoms with Crippen LogP contribution in [0.4, 0.5) is 15.8 Å². The predicted octanol–water partition coefficient (Wildman–Crippen LogP) is 1.83. The van der Waals surface area contributed by atoms with E-state index in [0.29, 0.717) is 29.9 Å². The van der Waals surface area contributed by atoms with Crippen LogP contribution >= 0.6 is 11.6 Å². The molecule has 1 aliphatic heterocycles. The zero-order valence-electron chi connectivity index (χ0n) is 17.3. The van der Waals surface area contributed by atoms with E-state index >= 15 is 0 Å². The van der Waals surface area contributed by atoms with E-state index in [9.17, 15) is 27.5 Å². The average Bonchev–Trinajstić information content (AvgIpc) is 3.15. The Hall–Kier alpha value is -2.69. The van der Waals surface area contributed by atoms with Gasteiger partial charge in [0, 0.05) is 37.0 Å². The van der Waals surface area contributed by atoms with Crippen LogP contribution in [0.25, 0.3) is 0 Å². The van der Waals surface area contributed by atoms with E-state index in [4.69, 9.17) is 11.6 Å². The van der Waals surface area contributed by atoms with E-state index in [2.05, 4.69) is 5.32 Å². The number of rotatable bonds is 7. The van der Waals surface area contributed by atoms with Crippen molar-refractivity contribution in [3.05, 3.63) is 58.4 Å². The first kappa shape index (κ1) is 24.0. The molecule has 2 aromatic rings. The zero-order valence-corrected chi connectivity index (χ0v) is 18.9. The van der Waals surface area contributed by atoms with Gasteiger partial charge in [0.05, 0.1) is 11.9 Å². The molecule has 3 rings (SSSR count). The number of aliphatic hydroxyl groups excluding tert-OH is 1. The smallest absolute Gasteiger partial charge is 0.316 e. The molecule has 11 heteroatoms. The Morgan fingerprint density at radius 2 is 2.00 bits per heavy atom. The summed E-state index contributed by atoms with van der Waals surface area (Å²) in [7, 11) is -3.41. The topological polar surface area (TPSA) is 107 Å². The highest BCUT2D eigenvalue weighted by Crippen LogP contribution is 2.33. The maximum Gasteiger partial charge on any atom is 0.316 e. The molecule has 172 valence electrons. The molecule has 1 heterocycles. The summed E-state index contributed by atoms with van der Waals surface area (Å²) >= 11 is 5.81.